The number of aromatic nitrogens is 1. The lowest BCUT2D eigenvalue weighted by Crippen LogP contribution is -2.06. The fourth-order valence-electron chi connectivity index (χ4n) is 1.66. The molecule has 0 aliphatic rings. The Morgan fingerprint density at radius 2 is 1.76 bits per heavy atom. The van der Waals surface area contributed by atoms with Gasteiger partial charge in [0.2, 0.25) is 0 Å². The topological polar surface area (TPSA) is 50.2 Å². The average molecular weight is 227 g/mol. The Labute approximate surface area is 99.8 Å². The maximum absolute atomic E-state index is 11.8. The highest BCUT2D eigenvalue weighted by Crippen LogP contribution is 2.16. The normalized spacial score (nSPS) is 10.1. The quantitative estimate of drug-likeness (QED) is 0.870. The van der Waals surface area contributed by atoms with Crippen LogP contribution in [-0.4, -0.2) is 15.9 Å². The first kappa shape index (κ1) is 11.3. The van der Waals surface area contributed by atoms with Crippen molar-refractivity contribution in [3.63, 3.8) is 0 Å². The molecule has 0 spiro atoms. The summed E-state index contributed by atoms with van der Waals surface area (Å²) < 4.78 is 0. The van der Waals surface area contributed by atoms with Crippen LogP contribution in [0.4, 0.5) is 0 Å². The van der Waals surface area contributed by atoms with Gasteiger partial charge in [0, 0.05) is 30.8 Å². The summed E-state index contributed by atoms with van der Waals surface area (Å²) in [5.41, 5.74) is 1.62. The molecule has 0 bridgehead atoms. The fourth-order valence-corrected chi connectivity index (χ4v) is 1.66. The van der Waals surface area contributed by atoms with Crippen LogP contribution < -0.4 is 0 Å². The van der Waals surface area contributed by atoms with Crippen molar-refractivity contribution in [2.45, 2.75) is 12.8 Å². The number of hydrogen-bond acceptors (Lipinski definition) is 3. The zero-order valence-electron chi connectivity index (χ0n) is 9.34. The second-order valence-corrected chi connectivity index (χ2v) is 3.88. The molecule has 3 heteroatoms. The number of rotatable bonds is 4. The van der Waals surface area contributed by atoms with E-state index >= 15 is 0 Å². The number of benzene rings is 1. The number of para-hydroxylation sites is 1. The summed E-state index contributed by atoms with van der Waals surface area (Å²) in [7, 11) is 0. The Morgan fingerprint density at radius 1 is 1.06 bits per heavy atom. The summed E-state index contributed by atoms with van der Waals surface area (Å²) in [6.45, 7) is 0. The van der Waals surface area contributed by atoms with Crippen LogP contribution in [0.25, 0.3) is 0 Å². The van der Waals surface area contributed by atoms with E-state index < -0.39 is 0 Å². The lowest BCUT2D eigenvalue weighted by Gasteiger charge is -2.03. The van der Waals surface area contributed by atoms with Crippen LogP contribution in [0.1, 0.15) is 11.1 Å². The van der Waals surface area contributed by atoms with Crippen molar-refractivity contribution in [2.24, 2.45) is 0 Å². The number of Topliss-reactive ketones (excluding diaryl/α,β-unsaturated/α-hetero) is 1. The van der Waals surface area contributed by atoms with Crippen LogP contribution in [0.15, 0.2) is 48.8 Å². The molecule has 0 radical (unpaired) electrons. The standard InChI is InChI=1S/C14H13NO2/c16-13(9-11-5-7-15-8-6-11)10-12-3-1-2-4-14(12)17/h1-8,17H,9-10H2. The number of hydrogen-bond donors (Lipinski definition) is 1. The number of ketones is 1. The summed E-state index contributed by atoms with van der Waals surface area (Å²) in [5.74, 6) is 0.258. The molecule has 0 saturated heterocycles. The van der Waals surface area contributed by atoms with E-state index in [0.717, 1.165) is 5.56 Å². The van der Waals surface area contributed by atoms with Crippen LogP contribution in [0.2, 0.25) is 0 Å². The molecule has 86 valence electrons. The number of pyridine rings is 1. The van der Waals surface area contributed by atoms with Crippen molar-refractivity contribution in [2.75, 3.05) is 0 Å². The van der Waals surface area contributed by atoms with Gasteiger partial charge < -0.3 is 5.11 Å². The Hall–Kier alpha value is -2.16. The molecule has 0 aliphatic carbocycles. The molecule has 0 saturated carbocycles. The molecular formula is C14H13NO2. The summed E-state index contributed by atoms with van der Waals surface area (Å²) in [6, 6.07) is 10.6. The monoisotopic (exact) mass is 227 g/mol. The minimum atomic E-state index is 0.0812. The molecule has 0 unspecified atom stereocenters. The van der Waals surface area contributed by atoms with Gasteiger partial charge in [-0.05, 0) is 23.8 Å². The molecule has 17 heavy (non-hydrogen) atoms. The van der Waals surface area contributed by atoms with Gasteiger partial charge in [-0.25, -0.2) is 0 Å². The first-order chi connectivity index (χ1) is 8.25. The first-order valence-electron chi connectivity index (χ1n) is 5.43. The van der Waals surface area contributed by atoms with E-state index in [0.29, 0.717) is 12.0 Å². The largest absolute Gasteiger partial charge is 0.508 e. The maximum Gasteiger partial charge on any atom is 0.141 e. The van der Waals surface area contributed by atoms with Gasteiger partial charge in [-0.15, -0.1) is 0 Å². The van der Waals surface area contributed by atoms with Gasteiger partial charge in [0.05, 0.1) is 0 Å². The zero-order chi connectivity index (χ0) is 12.1. The van der Waals surface area contributed by atoms with Crippen molar-refractivity contribution in [1.29, 1.82) is 0 Å². The molecule has 1 aromatic heterocycles. The number of phenolic OH excluding ortho intramolecular Hbond substituents is 1. The first-order valence-corrected chi connectivity index (χ1v) is 5.43. The minimum Gasteiger partial charge on any atom is -0.508 e. The van der Waals surface area contributed by atoms with Gasteiger partial charge in [0.25, 0.3) is 0 Å². The Bertz CT molecular complexity index is 509. The third-order valence-electron chi connectivity index (χ3n) is 2.53. The summed E-state index contributed by atoms with van der Waals surface area (Å²) in [6.07, 6.45) is 3.97. The van der Waals surface area contributed by atoms with Crippen LogP contribution in [0.5, 0.6) is 5.75 Å². The van der Waals surface area contributed by atoms with Gasteiger partial charge in [0.1, 0.15) is 11.5 Å². The zero-order valence-corrected chi connectivity index (χ0v) is 9.34. The van der Waals surface area contributed by atoms with Crippen molar-refractivity contribution in [3.05, 3.63) is 59.9 Å². The molecule has 3 nitrogen and oxygen atoms in total. The Kier molecular flexibility index (Phi) is 3.50. The maximum atomic E-state index is 11.8. The Morgan fingerprint density at radius 3 is 2.47 bits per heavy atom. The van der Waals surface area contributed by atoms with Crippen molar-refractivity contribution in [3.8, 4) is 5.75 Å². The lowest BCUT2D eigenvalue weighted by atomic mass is 10.0. The summed E-state index contributed by atoms with van der Waals surface area (Å²) >= 11 is 0. The smallest absolute Gasteiger partial charge is 0.141 e. The molecule has 0 amide bonds. The van der Waals surface area contributed by atoms with E-state index in [1.165, 1.54) is 0 Å². The van der Waals surface area contributed by atoms with E-state index in [4.69, 9.17) is 0 Å². The molecule has 0 aliphatic heterocycles. The van der Waals surface area contributed by atoms with E-state index in [1.54, 1.807) is 30.6 Å². The van der Waals surface area contributed by atoms with Gasteiger partial charge in [-0.3, -0.25) is 9.78 Å². The highest BCUT2D eigenvalue weighted by atomic mass is 16.3. The molecule has 2 aromatic rings. The molecule has 1 N–H and O–H groups in total. The molecule has 1 aromatic carbocycles. The third kappa shape index (κ3) is 3.14. The van der Waals surface area contributed by atoms with Gasteiger partial charge in [-0.1, -0.05) is 18.2 Å². The number of aromatic hydroxyl groups is 1. The van der Waals surface area contributed by atoms with Gasteiger partial charge in [-0.2, -0.15) is 0 Å². The number of phenols is 1. The van der Waals surface area contributed by atoms with Crippen molar-refractivity contribution in [1.82, 2.24) is 4.98 Å². The fraction of sp³-hybridized carbons (Fsp3) is 0.143. The highest BCUT2D eigenvalue weighted by molar-refractivity contribution is 5.83. The molecule has 0 atom stereocenters. The predicted octanol–water partition coefficient (Wildman–Crippen LogP) is 2.14. The lowest BCUT2D eigenvalue weighted by molar-refractivity contribution is -0.117. The second-order valence-electron chi connectivity index (χ2n) is 3.88. The predicted molar refractivity (Wildman–Crippen MR) is 64.8 cm³/mol. The average Bonchev–Trinajstić information content (AvgIpc) is 2.33. The van der Waals surface area contributed by atoms with E-state index in [1.807, 2.05) is 18.2 Å². The van der Waals surface area contributed by atoms with Crippen molar-refractivity contribution < 1.29 is 9.90 Å². The highest BCUT2D eigenvalue weighted by Gasteiger charge is 2.07. The molecule has 0 fully saturated rings. The summed E-state index contributed by atoms with van der Waals surface area (Å²) in [4.78, 5) is 15.7. The molecular weight excluding hydrogens is 214 g/mol. The number of carbonyl (C=O) groups is 1. The van der Waals surface area contributed by atoms with Crippen LogP contribution in [0, 0.1) is 0 Å². The second kappa shape index (κ2) is 5.25. The van der Waals surface area contributed by atoms with Crippen LogP contribution in [0.3, 0.4) is 0 Å². The summed E-state index contributed by atoms with van der Waals surface area (Å²) in [5, 5.41) is 9.56. The van der Waals surface area contributed by atoms with E-state index in [2.05, 4.69) is 4.98 Å². The van der Waals surface area contributed by atoms with E-state index in [9.17, 15) is 9.90 Å². The number of nitrogens with zero attached hydrogens (tertiary/aromatic N) is 1. The molecule has 1 heterocycles. The SMILES string of the molecule is O=C(Cc1ccncc1)Cc1ccccc1O. The van der Waals surface area contributed by atoms with Gasteiger partial charge in [0.15, 0.2) is 0 Å². The minimum absolute atomic E-state index is 0.0812. The number of carbonyl (C=O) groups excluding carboxylic acids is 1. The van der Waals surface area contributed by atoms with Crippen LogP contribution >= 0.6 is 0 Å². The third-order valence-corrected chi connectivity index (χ3v) is 2.53. The molecule has 2 rings (SSSR count). The van der Waals surface area contributed by atoms with E-state index in [-0.39, 0.29) is 18.0 Å². The van der Waals surface area contributed by atoms with Crippen molar-refractivity contribution >= 4 is 5.78 Å². The van der Waals surface area contributed by atoms with Gasteiger partial charge >= 0.3 is 0 Å². The van der Waals surface area contributed by atoms with Crippen LogP contribution in [-0.2, 0) is 17.6 Å². The Balaban J connectivity index is 2.01.